The number of amides is 1. The lowest BCUT2D eigenvalue weighted by atomic mass is 10.1. The number of methoxy groups -OCH3 is 1. The van der Waals surface area contributed by atoms with E-state index in [1.54, 1.807) is 18.2 Å². The maximum Gasteiger partial charge on any atom is 0.220 e. The van der Waals surface area contributed by atoms with Gasteiger partial charge in [-0.3, -0.25) is 4.79 Å². The summed E-state index contributed by atoms with van der Waals surface area (Å²) in [5.74, 6) is 1.70. The summed E-state index contributed by atoms with van der Waals surface area (Å²) < 4.78 is 5.07. The second-order valence-corrected chi connectivity index (χ2v) is 6.89. The summed E-state index contributed by atoms with van der Waals surface area (Å²) >= 11 is 0. The van der Waals surface area contributed by atoms with E-state index in [1.165, 1.54) is 52.1 Å². The van der Waals surface area contributed by atoms with Crippen LogP contribution in [0.3, 0.4) is 0 Å². The third-order valence-corrected chi connectivity index (χ3v) is 4.70. The average Bonchev–Trinajstić information content (AvgIpc) is 3.40. The Morgan fingerprint density at radius 3 is 2.58 bits per heavy atom. The van der Waals surface area contributed by atoms with E-state index in [9.17, 15) is 9.90 Å². The van der Waals surface area contributed by atoms with E-state index in [2.05, 4.69) is 5.32 Å². The highest BCUT2D eigenvalue weighted by molar-refractivity contribution is 5.75. The first-order valence-electron chi connectivity index (χ1n) is 9.31. The van der Waals surface area contributed by atoms with Crippen molar-refractivity contribution >= 4 is 5.91 Å². The molecule has 1 aliphatic carbocycles. The molecule has 134 valence electrons. The number of aromatic hydroxyl groups is 1. The summed E-state index contributed by atoms with van der Waals surface area (Å²) in [5.41, 5.74) is 0.925. The standard InChI is InChI=1S/C20H31NO3/c1-24-19-14-17(12-13-18(19)22)15-21-20(23)9-7-5-3-2-4-6-8-16-10-11-16/h12-14,16,22H,2-11,15H2,1H3,(H,21,23). The van der Waals surface area contributed by atoms with E-state index in [0.29, 0.717) is 18.7 Å². The van der Waals surface area contributed by atoms with Gasteiger partial charge in [-0.25, -0.2) is 0 Å². The Labute approximate surface area is 145 Å². The van der Waals surface area contributed by atoms with Crippen molar-refractivity contribution in [3.63, 3.8) is 0 Å². The van der Waals surface area contributed by atoms with Crippen molar-refractivity contribution in [2.45, 2.75) is 70.8 Å². The van der Waals surface area contributed by atoms with Crippen LogP contribution < -0.4 is 10.1 Å². The van der Waals surface area contributed by atoms with Gasteiger partial charge in [-0.15, -0.1) is 0 Å². The van der Waals surface area contributed by atoms with Crippen molar-refractivity contribution in [2.24, 2.45) is 5.92 Å². The van der Waals surface area contributed by atoms with Gasteiger partial charge in [0.05, 0.1) is 7.11 Å². The Bertz CT molecular complexity index is 512. The van der Waals surface area contributed by atoms with Gasteiger partial charge in [-0.2, -0.15) is 0 Å². The van der Waals surface area contributed by atoms with Crippen LogP contribution in [0.5, 0.6) is 11.5 Å². The molecule has 0 aliphatic heterocycles. The fourth-order valence-corrected chi connectivity index (χ4v) is 2.95. The summed E-state index contributed by atoms with van der Waals surface area (Å²) in [6, 6.07) is 5.13. The Balaban J connectivity index is 1.48. The van der Waals surface area contributed by atoms with E-state index in [4.69, 9.17) is 4.74 Å². The molecule has 4 nitrogen and oxygen atoms in total. The summed E-state index contributed by atoms with van der Waals surface area (Å²) in [7, 11) is 1.52. The average molecular weight is 333 g/mol. The van der Waals surface area contributed by atoms with Gasteiger partial charge in [-0.05, 0) is 30.0 Å². The number of hydrogen-bond donors (Lipinski definition) is 2. The molecule has 2 N–H and O–H groups in total. The molecule has 1 saturated carbocycles. The molecule has 1 amide bonds. The molecule has 0 aromatic heterocycles. The molecular weight excluding hydrogens is 302 g/mol. The molecule has 1 fully saturated rings. The van der Waals surface area contributed by atoms with Gasteiger partial charge in [0.2, 0.25) is 5.91 Å². The zero-order valence-corrected chi connectivity index (χ0v) is 14.9. The van der Waals surface area contributed by atoms with Crippen molar-refractivity contribution in [1.82, 2.24) is 5.32 Å². The zero-order chi connectivity index (χ0) is 17.2. The number of carbonyl (C=O) groups is 1. The number of unbranched alkanes of at least 4 members (excludes halogenated alkanes) is 5. The Morgan fingerprint density at radius 2 is 1.88 bits per heavy atom. The molecule has 2 rings (SSSR count). The predicted octanol–water partition coefficient (Wildman–Crippen LogP) is 4.55. The topological polar surface area (TPSA) is 58.6 Å². The fourth-order valence-electron chi connectivity index (χ4n) is 2.95. The highest BCUT2D eigenvalue weighted by atomic mass is 16.5. The first-order valence-corrected chi connectivity index (χ1v) is 9.31. The number of carbonyl (C=O) groups excluding carboxylic acids is 1. The third-order valence-electron chi connectivity index (χ3n) is 4.70. The van der Waals surface area contributed by atoms with Gasteiger partial charge in [0.1, 0.15) is 0 Å². The van der Waals surface area contributed by atoms with Crippen molar-refractivity contribution in [3.05, 3.63) is 23.8 Å². The van der Waals surface area contributed by atoms with Crippen LogP contribution >= 0.6 is 0 Å². The molecule has 1 aliphatic rings. The number of phenolic OH excluding ortho intramolecular Hbond substituents is 1. The van der Waals surface area contributed by atoms with Gasteiger partial charge in [0.25, 0.3) is 0 Å². The number of hydrogen-bond acceptors (Lipinski definition) is 3. The van der Waals surface area contributed by atoms with E-state index in [-0.39, 0.29) is 11.7 Å². The Hall–Kier alpha value is -1.71. The molecule has 0 heterocycles. The molecule has 1 aromatic carbocycles. The van der Waals surface area contributed by atoms with Crippen molar-refractivity contribution in [3.8, 4) is 11.5 Å². The largest absolute Gasteiger partial charge is 0.504 e. The summed E-state index contributed by atoms with van der Waals surface area (Å²) in [6.07, 6.45) is 12.4. The molecule has 0 saturated heterocycles. The van der Waals surface area contributed by atoms with Crippen LogP contribution in [-0.2, 0) is 11.3 Å². The van der Waals surface area contributed by atoms with Crippen molar-refractivity contribution < 1.29 is 14.6 Å². The second kappa shape index (κ2) is 10.2. The molecule has 0 atom stereocenters. The normalized spacial score (nSPS) is 13.7. The lowest BCUT2D eigenvalue weighted by Crippen LogP contribution is -2.22. The fraction of sp³-hybridized carbons (Fsp3) is 0.650. The van der Waals surface area contributed by atoms with E-state index >= 15 is 0 Å². The van der Waals surface area contributed by atoms with Crippen molar-refractivity contribution in [1.29, 1.82) is 0 Å². The quantitative estimate of drug-likeness (QED) is 0.552. The maximum absolute atomic E-state index is 11.9. The minimum atomic E-state index is 0.0933. The molecule has 0 unspecified atom stereocenters. The summed E-state index contributed by atoms with van der Waals surface area (Å²) in [5, 5.41) is 12.5. The van der Waals surface area contributed by atoms with Crippen LogP contribution in [-0.4, -0.2) is 18.1 Å². The summed E-state index contributed by atoms with van der Waals surface area (Å²) in [6.45, 7) is 0.469. The lowest BCUT2D eigenvalue weighted by molar-refractivity contribution is -0.121. The molecular formula is C20H31NO3. The number of phenols is 1. The lowest BCUT2D eigenvalue weighted by Gasteiger charge is -2.08. The van der Waals surface area contributed by atoms with E-state index in [1.807, 2.05) is 0 Å². The van der Waals surface area contributed by atoms with Crippen LogP contribution in [0.4, 0.5) is 0 Å². The van der Waals surface area contributed by atoms with Gasteiger partial charge in [0, 0.05) is 13.0 Å². The van der Waals surface area contributed by atoms with Crippen molar-refractivity contribution in [2.75, 3.05) is 7.11 Å². The van der Waals surface area contributed by atoms with E-state index < -0.39 is 0 Å². The van der Waals surface area contributed by atoms with Crippen LogP contribution in [0.1, 0.15) is 69.8 Å². The number of ether oxygens (including phenoxy) is 1. The zero-order valence-electron chi connectivity index (χ0n) is 14.9. The number of nitrogens with one attached hydrogen (secondary N) is 1. The van der Waals surface area contributed by atoms with Gasteiger partial charge < -0.3 is 15.2 Å². The molecule has 4 heteroatoms. The third kappa shape index (κ3) is 7.24. The molecule has 24 heavy (non-hydrogen) atoms. The summed E-state index contributed by atoms with van der Waals surface area (Å²) in [4.78, 5) is 11.9. The van der Waals surface area contributed by atoms with Gasteiger partial charge in [-0.1, -0.05) is 57.4 Å². The molecule has 0 radical (unpaired) electrons. The first-order chi connectivity index (χ1) is 11.7. The van der Waals surface area contributed by atoms with Gasteiger partial charge >= 0.3 is 0 Å². The van der Waals surface area contributed by atoms with Gasteiger partial charge in [0.15, 0.2) is 11.5 Å². The van der Waals surface area contributed by atoms with Crippen LogP contribution in [0.25, 0.3) is 0 Å². The first kappa shape index (κ1) is 18.6. The van der Waals surface area contributed by atoms with E-state index in [0.717, 1.165) is 24.3 Å². The minimum absolute atomic E-state index is 0.0933. The highest BCUT2D eigenvalue weighted by Gasteiger charge is 2.19. The molecule has 0 bridgehead atoms. The minimum Gasteiger partial charge on any atom is -0.504 e. The predicted molar refractivity (Wildman–Crippen MR) is 96.2 cm³/mol. The Kier molecular flexibility index (Phi) is 7.93. The maximum atomic E-state index is 11.9. The highest BCUT2D eigenvalue weighted by Crippen LogP contribution is 2.34. The second-order valence-electron chi connectivity index (χ2n) is 6.89. The van der Waals surface area contributed by atoms with Crippen LogP contribution in [0.2, 0.25) is 0 Å². The Morgan fingerprint density at radius 1 is 1.17 bits per heavy atom. The monoisotopic (exact) mass is 333 g/mol. The SMILES string of the molecule is COc1cc(CNC(=O)CCCCCCCCC2CC2)ccc1O. The smallest absolute Gasteiger partial charge is 0.220 e. The molecule has 0 spiro atoms. The number of benzene rings is 1. The number of rotatable bonds is 12. The van der Waals surface area contributed by atoms with Crippen LogP contribution in [0, 0.1) is 5.92 Å². The molecule has 1 aromatic rings. The van der Waals surface area contributed by atoms with Crippen LogP contribution in [0.15, 0.2) is 18.2 Å².